The van der Waals surface area contributed by atoms with E-state index < -0.39 is 5.82 Å². The van der Waals surface area contributed by atoms with E-state index >= 15 is 0 Å². The monoisotopic (exact) mass is 230 g/mol. The Morgan fingerprint density at radius 1 is 1.12 bits per heavy atom. The van der Waals surface area contributed by atoms with Gasteiger partial charge in [0.15, 0.2) is 0 Å². The second-order valence-electron chi connectivity index (χ2n) is 3.59. The van der Waals surface area contributed by atoms with Crippen LogP contribution < -0.4 is 11.1 Å². The first-order valence-corrected chi connectivity index (χ1v) is 5.07. The third kappa shape index (κ3) is 2.81. The summed E-state index contributed by atoms with van der Waals surface area (Å²) in [6.07, 6.45) is 0. The van der Waals surface area contributed by atoms with Gasteiger partial charge < -0.3 is 11.1 Å². The van der Waals surface area contributed by atoms with E-state index in [9.17, 15) is 9.18 Å². The van der Waals surface area contributed by atoms with Crippen molar-refractivity contribution in [1.82, 2.24) is 0 Å². The van der Waals surface area contributed by atoms with Gasteiger partial charge >= 0.3 is 0 Å². The number of halogens is 1. The molecule has 0 aromatic heterocycles. The SMILES string of the molecule is Nc1cccc(C(=O)Nc2cccc(F)c2)c1. The van der Waals surface area contributed by atoms with Gasteiger partial charge in [-0.2, -0.15) is 0 Å². The number of hydrogen-bond acceptors (Lipinski definition) is 2. The van der Waals surface area contributed by atoms with Crippen LogP contribution in [0.4, 0.5) is 15.8 Å². The normalized spacial score (nSPS) is 9.94. The van der Waals surface area contributed by atoms with Gasteiger partial charge in [0.1, 0.15) is 5.82 Å². The van der Waals surface area contributed by atoms with Crippen molar-refractivity contribution in [1.29, 1.82) is 0 Å². The summed E-state index contributed by atoms with van der Waals surface area (Å²) >= 11 is 0. The molecule has 17 heavy (non-hydrogen) atoms. The summed E-state index contributed by atoms with van der Waals surface area (Å²) in [5.74, 6) is -0.710. The Hall–Kier alpha value is -2.36. The van der Waals surface area contributed by atoms with Gasteiger partial charge in [-0.25, -0.2) is 4.39 Å². The zero-order chi connectivity index (χ0) is 12.3. The summed E-state index contributed by atoms with van der Waals surface area (Å²) < 4.78 is 12.9. The Bertz CT molecular complexity index is 555. The van der Waals surface area contributed by atoms with Crippen LogP contribution in [-0.4, -0.2) is 5.91 Å². The highest BCUT2D eigenvalue weighted by atomic mass is 19.1. The molecule has 2 aromatic carbocycles. The minimum Gasteiger partial charge on any atom is -0.399 e. The van der Waals surface area contributed by atoms with E-state index in [4.69, 9.17) is 5.73 Å². The number of hydrogen-bond donors (Lipinski definition) is 2. The average molecular weight is 230 g/mol. The topological polar surface area (TPSA) is 55.1 Å². The minimum absolute atomic E-state index is 0.317. The van der Waals surface area contributed by atoms with E-state index in [2.05, 4.69) is 5.32 Å². The molecule has 3 nitrogen and oxygen atoms in total. The molecular formula is C13H11FN2O. The van der Waals surface area contributed by atoms with E-state index in [-0.39, 0.29) is 5.91 Å². The van der Waals surface area contributed by atoms with Gasteiger partial charge in [0.2, 0.25) is 0 Å². The molecule has 0 atom stereocenters. The van der Waals surface area contributed by atoms with Crippen molar-refractivity contribution in [2.24, 2.45) is 0 Å². The quantitative estimate of drug-likeness (QED) is 0.779. The molecule has 2 aromatic rings. The predicted octanol–water partition coefficient (Wildman–Crippen LogP) is 2.66. The van der Waals surface area contributed by atoms with Gasteiger partial charge in [-0.15, -0.1) is 0 Å². The van der Waals surface area contributed by atoms with Crippen molar-refractivity contribution in [3.63, 3.8) is 0 Å². The minimum atomic E-state index is -0.393. The maximum Gasteiger partial charge on any atom is 0.255 e. The van der Waals surface area contributed by atoms with Crippen LogP contribution in [0.1, 0.15) is 10.4 Å². The van der Waals surface area contributed by atoms with Crippen molar-refractivity contribution in [3.05, 3.63) is 59.9 Å². The zero-order valence-electron chi connectivity index (χ0n) is 8.98. The van der Waals surface area contributed by atoms with Crippen LogP contribution in [0.15, 0.2) is 48.5 Å². The number of carbonyl (C=O) groups is 1. The van der Waals surface area contributed by atoms with Crippen LogP contribution in [0, 0.1) is 5.82 Å². The van der Waals surface area contributed by atoms with E-state index in [1.165, 1.54) is 18.2 Å². The van der Waals surface area contributed by atoms with E-state index in [0.29, 0.717) is 16.9 Å². The Kier molecular flexibility index (Phi) is 3.05. The maximum absolute atomic E-state index is 12.9. The molecule has 86 valence electrons. The molecular weight excluding hydrogens is 219 g/mol. The van der Waals surface area contributed by atoms with Crippen LogP contribution in [0.3, 0.4) is 0 Å². The Morgan fingerprint density at radius 3 is 2.59 bits per heavy atom. The molecule has 2 rings (SSSR count). The van der Waals surface area contributed by atoms with Gasteiger partial charge in [-0.1, -0.05) is 12.1 Å². The summed E-state index contributed by atoms with van der Waals surface area (Å²) in [5.41, 5.74) is 6.94. The lowest BCUT2D eigenvalue weighted by molar-refractivity contribution is 0.102. The number of rotatable bonds is 2. The van der Waals surface area contributed by atoms with Crippen LogP contribution in [0.5, 0.6) is 0 Å². The average Bonchev–Trinajstić information content (AvgIpc) is 2.29. The fourth-order valence-corrected chi connectivity index (χ4v) is 1.45. The second kappa shape index (κ2) is 4.65. The summed E-state index contributed by atoms with van der Waals surface area (Å²) in [6, 6.07) is 12.3. The highest BCUT2D eigenvalue weighted by Crippen LogP contribution is 2.12. The van der Waals surface area contributed by atoms with Crippen molar-refractivity contribution >= 4 is 17.3 Å². The summed E-state index contributed by atoms with van der Waals surface area (Å²) in [4.78, 5) is 11.8. The number of benzene rings is 2. The number of carbonyl (C=O) groups excluding carboxylic acids is 1. The molecule has 0 aliphatic heterocycles. The van der Waals surface area contributed by atoms with Crippen LogP contribution in [0.25, 0.3) is 0 Å². The molecule has 0 heterocycles. The third-order valence-electron chi connectivity index (χ3n) is 2.23. The summed E-state index contributed by atoms with van der Waals surface area (Å²) in [6.45, 7) is 0. The number of amides is 1. The van der Waals surface area contributed by atoms with Crippen molar-refractivity contribution in [3.8, 4) is 0 Å². The van der Waals surface area contributed by atoms with Gasteiger partial charge in [0.05, 0.1) is 0 Å². The summed E-state index contributed by atoms with van der Waals surface area (Å²) in [7, 11) is 0. The molecule has 0 bridgehead atoms. The lowest BCUT2D eigenvalue weighted by Crippen LogP contribution is -2.12. The lowest BCUT2D eigenvalue weighted by atomic mass is 10.2. The molecule has 0 radical (unpaired) electrons. The first-order chi connectivity index (χ1) is 8.15. The second-order valence-corrected chi connectivity index (χ2v) is 3.59. The zero-order valence-corrected chi connectivity index (χ0v) is 8.98. The van der Waals surface area contributed by atoms with Gasteiger partial charge in [0, 0.05) is 16.9 Å². The van der Waals surface area contributed by atoms with Gasteiger partial charge in [0.25, 0.3) is 5.91 Å². The molecule has 0 aliphatic rings. The predicted molar refractivity (Wildman–Crippen MR) is 65.2 cm³/mol. The smallest absolute Gasteiger partial charge is 0.255 e. The largest absolute Gasteiger partial charge is 0.399 e. The van der Waals surface area contributed by atoms with E-state index in [0.717, 1.165) is 0 Å². The van der Waals surface area contributed by atoms with E-state index in [1.54, 1.807) is 30.3 Å². The van der Waals surface area contributed by atoms with Crippen LogP contribution in [-0.2, 0) is 0 Å². The number of anilines is 2. The molecule has 0 spiro atoms. The fraction of sp³-hybridized carbons (Fsp3) is 0. The highest BCUT2D eigenvalue weighted by molar-refractivity contribution is 6.04. The van der Waals surface area contributed by atoms with Crippen molar-refractivity contribution in [2.75, 3.05) is 11.1 Å². The molecule has 0 fully saturated rings. The highest BCUT2D eigenvalue weighted by Gasteiger charge is 2.06. The van der Waals surface area contributed by atoms with Crippen LogP contribution >= 0.6 is 0 Å². The van der Waals surface area contributed by atoms with Crippen molar-refractivity contribution in [2.45, 2.75) is 0 Å². The Labute approximate surface area is 98.1 Å². The number of nitrogens with two attached hydrogens (primary N) is 1. The molecule has 0 saturated heterocycles. The molecule has 0 aliphatic carbocycles. The first-order valence-electron chi connectivity index (χ1n) is 5.07. The van der Waals surface area contributed by atoms with E-state index in [1.807, 2.05) is 0 Å². The van der Waals surface area contributed by atoms with Gasteiger partial charge in [-0.3, -0.25) is 4.79 Å². The molecule has 1 amide bonds. The Balaban J connectivity index is 2.17. The molecule has 3 N–H and O–H groups in total. The molecule has 0 unspecified atom stereocenters. The third-order valence-corrected chi connectivity index (χ3v) is 2.23. The molecule has 4 heteroatoms. The first kappa shape index (κ1) is 11.1. The number of nitrogens with one attached hydrogen (secondary N) is 1. The number of nitrogen functional groups attached to an aromatic ring is 1. The maximum atomic E-state index is 12.9. The summed E-state index contributed by atoms with van der Waals surface area (Å²) in [5, 5.41) is 2.59. The molecule has 0 saturated carbocycles. The van der Waals surface area contributed by atoms with Crippen LogP contribution in [0.2, 0.25) is 0 Å². The standard InChI is InChI=1S/C13H11FN2O/c14-10-4-2-6-12(8-10)16-13(17)9-3-1-5-11(15)7-9/h1-8H,15H2,(H,16,17). The van der Waals surface area contributed by atoms with Gasteiger partial charge in [-0.05, 0) is 36.4 Å². The lowest BCUT2D eigenvalue weighted by Gasteiger charge is -2.05. The Morgan fingerprint density at radius 2 is 1.88 bits per heavy atom. The van der Waals surface area contributed by atoms with Crippen molar-refractivity contribution < 1.29 is 9.18 Å². The fourth-order valence-electron chi connectivity index (χ4n) is 1.45.